The van der Waals surface area contributed by atoms with Crippen molar-refractivity contribution in [2.24, 2.45) is 4.99 Å². The molecule has 12 nitrogen and oxygen atoms in total. The Morgan fingerprint density at radius 2 is 1.74 bits per heavy atom. The summed E-state index contributed by atoms with van der Waals surface area (Å²) in [7, 11) is 0. The molecule has 1 saturated heterocycles. The van der Waals surface area contributed by atoms with E-state index in [1.807, 2.05) is 0 Å². The zero-order chi connectivity index (χ0) is 24.5. The Morgan fingerprint density at radius 3 is 2.38 bits per heavy atom. The molecule has 34 heavy (non-hydrogen) atoms. The van der Waals surface area contributed by atoms with Crippen molar-refractivity contribution in [3.8, 4) is 0 Å². The average molecular weight is 486 g/mol. The second-order valence-electron chi connectivity index (χ2n) is 8.21. The second kappa shape index (κ2) is 9.14. The third-order valence-corrected chi connectivity index (χ3v) is 6.01. The first-order valence-corrected chi connectivity index (χ1v) is 10.9. The molecule has 1 fully saturated rings. The maximum Gasteiger partial charge on any atom is 0.280 e. The summed E-state index contributed by atoms with van der Waals surface area (Å²) in [6.07, 6.45) is 1.31. The summed E-state index contributed by atoms with van der Waals surface area (Å²) in [5.41, 5.74) is 12.0. The van der Waals surface area contributed by atoms with Crippen LogP contribution in [0.25, 0.3) is 0 Å². The number of nitrogens with zero attached hydrogens (tertiary/aromatic N) is 4. The number of hydrogen-bond acceptors (Lipinski definition) is 9. The monoisotopic (exact) mass is 485 g/mol. The number of guanidine groups is 1. The number of nitrogens with one attached hydrogen (secondary N) is 3. The van der Waals surface area contributed by atoms with Gasteiger partial charge in [0.1, 0.15) is 0 Å². The number of amides is 3. The van der Waals surface area contributed by atoms with E-state index in [9.17, 15) is 14.4 Å². The number of piperidine rings is 1. The molecule has 0 radical (unpaired) electrons. The largest absolute Gasteiger partial charge is 0.382 e. The first-order chi connectivity index (χ1) is 16.2. The normalized spacial score (nSPS) is 16.5. The van der Waals surface area contributed by atoms with Crippen LogP contribution in [0.15, 0.2) is 29.3 Å². The van der Waals surface area contributed by atoms with Crippen LogP contribution < -0.4 is 27.4 Å². The number of carbonyl (C=O) groups is 3. The summed E-state index contributed by atoms with van der Waals surface area (Å²) in [5, 5.41) is 8.48. The number of carbonyl (C=O) groups excluding carboxylic acids is 3. The van der Waals surface area contributed by atoms with Crippen molar-refractivity contribution >= 4 is 52.6 Å². The average Bonchev–Trinajstić information content (AvgIpc) is 3.18. The molecule has 0 unspecified atom stereocenters. The van der Waals surface area contributed by atoms with Crippen molar-refractivity contribution < 1.29 is 14.4 Å². The molecule has 4 rings (SSSR count). The molecule has 178 valence electrons. The summed E-state index contributed by atoms with van der Waals surface area (Å²) in [4.78, 5) is 50.4. The molecular formula is C21H24ClN9O3. The maximum atomic E-state index is 12.9. The second-order valence-corrected chi connectivity index (χ2v) is 8.57. The van der Waals surface area contributed by atoms with Crippen LogP contribution in [0.2, 0.25) is 5.15 Å². The van der Waals surface area contributed by atoms with Gasteiger partial charge in [0.15, 0.2) is 28.4 Å². The Balaban J connectivity index is 1.32. The minimum absolute atomic E-state index is 0.0593. The molecule has 2 aliphatic rings. The lowest BCUT2D eigenvalue weighted by Crippen LogP contribution is -2.57. The minimum Gasteiger partial charge on any atom is -0.382 e. The van der Waals surface area contributed by atoms with Gasteiger partial charge in [0.05, 0.1) is 12.1 Å². The van der Waals surface area contributed by atoms with Crippen LogP contribution in [-0.2, 0) is 4.79 Å². The number of aliphatic imine (C=N–C) groups is 1. The number of hydrogen-bond donors (Lipinski definition) is 5. The standard InChI is InChI=1S/C21H24ClN9O3/c1-11(32)26-13-4-2-12(3-5-13)19(34)31-8-6-21(7-9-31)10-25-20(30-21)29-18(33)14-16(23)28-17(24)15(22)27-14/h2-5H,6-10H2,1H3,(H,26,32)(H4,23,24,28)(H2,25,29,30,33). The van der Waals surface area contributed by atoms with Crippen LogP contribution in [0.1, 0.15) is 40.6 Å². The molecule has 2 aliphatic heterocycles. The molecule has 3 heterocycles. The van der Waals surface area contributed by atoms with E-state index in [1.54, 1.807) is 29.2 Å². The van der Waals surface area contributed by atoms with Crippen LogP contribution in [0, 0.1) is 0 Å². The zero-order valence-electron chi connectivity index (χ0n) is 18.4. The highest BCUT2D eigenvalue weighted by molar-refractivity contribution is 6.31. The molecule has 1 aromatic heterocycles. The molecule has 0 aliphatic carbocycles. The first kappa shape index (κ1) is 23.2. The summed E-state index contributed by atoms with van der Waals surface area (Å²) < 4.78 is 0. The Labute approximate surface area is 200 Å². The summed E-state index contributed by atoms with van der Waals surface area (Å²) in [5.74, 6) is -0.750. The van der Waals surface area contributed by atoms with Crippen LogP contribution >= 0.6 is 11.6 Å². The number of likely N-dealkylation sites (tertiary alicyclic amines) is 1. The van der Waals surface area contributed by atoms with Gasteiger partial charge in [0.25, 0.3) is 11.8 Å². The lowest BCUT2D eigenvalue weighted by atomic mass is 9.88. The van der Waals surface area contributed by atoms with E-state index in [0.29, 0.717) is 49.7 Å². The number of anilines is 3. The number of aromatic nitrogens is 2. The topological polar surface area (TPSA) is 181 Å². The van der Waals surface area contributed by atoms with Crippen LogP contribution in [-0.4, -0.2) is 63.7 Å². The van der Waals surface area contributed by atoms with Crippen LogP contribution in [0.3, 0.4) is 0 Å². The summed E-state index contributed by atoms with van der Waals surface area (Å²) in [6.45, 7) is 2.95. The first-order valence-electron chi connectivity index (χ1n) is 10.6. The smallest absolute Gasteiger partial charge is 0.280 e. The fourth-order valence-electron chi connectivity index (χ4n) is 3.91. The number of halogens is 1. The van der Waals surface area contributed by atoms with Crippen molar-refractivity contribution in [3.63, 3.8) is 0 Å². The Hall–Kier alpha value is -3.93. The molecule has 0 atom stereocenters. The molecule has 1 aromatic carbocycles. The van der Waals surface area contributed by atoms with Crippen molar-refractivity contribution in [3.05, 3.63) is 40.7 Å². The van der Waals surface area contributed by atoms with Crippen molar-refractivity contribution in [1.29, 1.82) is 0 Å². The zero-order valence-corrected chi connectivity index (χ0v) is 19.1. The van der Waals surface area contributed by atoms with Crippen molar-refractivity contribution in [2.75, 3.05) is 36.4 Å². The van der Waals surface area contributed by atoms with Gasteiger partial charge in [0, 0.05) is 31.3 Å². The Kier molecular flexibility index (Phi) is 6.24. The van der Waals surface area contributed by atoms with Gasteiger partial charge in [-0.3, -0.25) is 24.7 Å². The lowest BCUT2D eigenvalue weighted by molar-refractivity contribution is -0.114. The SMILES string of the molecule is CC(=O)Nc1ccc(C(=O)N2CCC3(CC2)CN=C(NC(=O)c2nc(Cl)c(N)nc2N)N3)cc1. The van der Waals surface area contributed by atoms with Crippen LogP contribution in [0.5, 0.6) is 0 Å². The number of nitrogens with two attached hydrogens (primary N) is 2. The molecule has 13 heteroatoms. The lowest BCUT2D eigenvalue weighted by Gasteiger charge is -2.39. The van der Waals surface area contributed by atoms with E-state index in [1.165, 1.54) is 6.92 Å². The number of benzene rings is 1. The highest BCUT2D eigenvalue weighted by atomic mass is 35.5. The van der Waals surface area contributed by atoms with E-state index >= 15 is 0 Å². The fourth-order valence-corrected chi connectivity index (χ4v) is 4.04. The Morgan fingerprint density at radius 1 is 1.06 bits per heavy atom. The van der Waals surface area contributed by atoms with Gasteiger partial charge in [0.2, 0.25) is 5.91 Å². The van der Waals surface area contributed by atoms with E-state index in [-0.39, 0.29) is 39.8 Å². The molecule has 0 bridgehead atoms. The predicted octanol–water partition coefficient (Wildman–Crippen LogP) is 0.617. The van der Waals surface area contributed by atoms with Crippen LogP contribution in [0.4, 0.5) is 17.3 Å². The van der Waals surface area contributed by atoms with Gasteiger partial charge < -0.3 is 27.0 Å². The third kappa shape index (κ3) is 4.86. The van der Waals surface area contributed by atoms with Gasteiger partial charge in [-0.1, -0.05) is 11.6 Å². The molecule has 1 spiro atoms. The van der Waals surface area contributed by atoms with Gasteiger partial charge in [-0.15, -0.1) is 0 Å². The van der Waals surface area contributed by atoms with E-state index in [2.05, 4.69) is 30.9 Å². The van der Waals surface area contributed by atoms with E-state index < -0.39 is 5.91 Å². The fraction of sp³-hybridized carbons (Fsp3) is 0.333. The summed E-state index contributed by atoms with van der Waals surface area (Å²) >= 11 is 5.85. The van der Waals surface area contributed by atoms with Gasteiger partial charge in [-0.2, -0.15) is 0 Å². The van der Waals surface area contributed by atoms with Crippen molar-refractivity contribution in [2.45, 2.75) is 25.3 Å². The van der Waals surface area contributed by atoms with E-state index in [0.717, 1.165) is 0 Å². The molecule has 0 saturated carbocycles. The van der Waals surface area contributed by atoms with Gasteiger partial charge >= 0.3 is 0 Å². The number of nitrogen functional groups attached to an aromatic ring is 2. The van der Waals surface area contributed by atoms with Gasteiger partial charge in [-0.25, -0.2) is 9.97 Å². The predicted molar refractivity (Wildman–Crippen MR) is 127 cm³/mol. The number of rotatable bonds is 3. The van der Waals surface area contributed by atoms with Crippen molar-refractivity contribution in [1.82, 2.24) is 25.5 Å². The maximum absolute atomic E-state index is 12.9. The quantitative estimate of drug-likeness (QED) is 0.419. The molecule has 3 amide bonds. The molecule has 2 aromatic rings. The summed E-state index contributed by atoms with van der Waals surface area (Å²) in [6, 6.07) is 6.79. The Bertz CT molecular complexity index is 1170. The van der Waals surface area contributed by atoms with E-state index in [4.69, 9.17) is 23.1 Å². The minimum atomic E-state index is -0.606. The van der Waals surface area contributed by atoms with Gasteiger partial charge in [-0.05, 0) is 37.1 Å². The third-order valence-electron chi connectivity index (χ3n) is 5.74. The highest BCUT2D eigenvalue weighted by Crippen LogP contribution is 2.27. The molecular weight excluding hydrogens is 462 g/mol. The highest BCUT2D eigenvalue weighted by Gasteiger charge is 2.40. The molecule has 7 N–H and O–H groups in total.